The van der Waals surface area contributed by atoms with Gasteiger partial charge in [0.2, 0.25) is 0 Å². The van der Waals surface area contributed by atoms with E-state index in [0.717, 1.165) is 38.5 Å². The van der Waals surface area contributed by atoms with Crippen LogP contribution in [0.2, 0.25) is 0 Å². The molecule has 5 nitrogen and oxygen atoms in total. The Hall–Kier alpha value is -1.98. The second-order valence-electron chi connectivity index (χ2n) is 8.59. The van der Waals surface area contributed by atoms with Gasteiger partial charge in [-0.2, -0.15) is 0 Å². The Morgan fingerprint density at radius 2 is 1.72 bits per heavy atom. The molecule has 158 valence electrons. The molecule has 29 heavy (non-hydrogen) atoms. The first-order valence-electron chi connectivity index (χ1n) is 10.8. The van der Waals surface area contributed by atoms with Crippen molar-refractivity contribution in [1.82, 2.24) is 0 Å². The summed E-state index contributed by atoms with van der Waals surface area (Å²) in [7, 11) is 0. The van der Waals surface area contributed by atoms with Crippen LogP contribution in [-0.4, -0.2) is 39.3 Å². The largest absolute Gasteiger partial charge is 0.481 e. The standard InChI is InChI=1S/C24H32O5/c25-21(18-13-16-7-5-6-8-17(16)14-18)12-11-20-19(22(26)15-23(20)27)9-3-1-2-4-10-24(28)29/h5-8,11-12,18-22,25-26H,1-4,9-10,13-15H2,(H,28,29)/t19-,20-,21?,22+/m1/s1. The van der Waals surface area contributed by atoms with Crippen molar-refractivity contribution < 1.29 is 24.9 Å². The Bertz CT molecular complexity index is 716. The maximum Gasteiger partial charge on any atom is 0.303 e. The van der Waals surface area contributed by atoms with E-state index in [2.05, 4.69) is 12.1 Å². The summed E-state index contributed by atoms with van der Waals surface area (Å²) in [5.41, 5.74) is 2.58. The van der Waals surface area contributed by atoms with E-state index < -0.39 is 18.2 Å². The highest BCUT2D eigenvalue weighted by Gasteiger charge is 2.39. The second kappa shape index (κ2) is 10.2. The summed E-state index contributed by atoms with van der Waals surface area (Å²) in [6.45, 7) is 0. The molecule has 1 aromatic rings. The summed E-state index contributed by atoms with van der Waals surface area (Å²) in [6, 6.07) is 8.26. The van der Waals surface area contributed by atoms with Gasteiger partial charge in [-0.15, -0.1) is 0 Å². The number of aliphatic hydroxyl groups is 2. The van der Waals surface area contributed by atoms with Gasteiger partial charge in [0.25, 0.3) is 0 Å². The van der Waals surface area contributed by atoms with E-state index in [1.54, 1.807) is 6.08 Å². The molecule has 1 fully saturated rings. The fraction of sp³-hybridized carbons (Fsp3) is 0.583. The Kier molecular flexibility index (Phi) is 7.62. The summed E-state index contributed by atoms with van der Waals surface area (Å²) in [5, 5.41) is 29.6. The molecule has 0 aliphatic heterocycles. The molecule has 0 heterocycles. The number of benzene rings is 1. The Balaban J connectivity index is 1.49. The molecule has 0 spiro atoms. The van der Waals surface area contributed by atoms with Crippen molar-refractivity contribution in [3.63, 3.8) is 0 Å². The van der Waals surface area contributed by atoms with Gasteiger partial charge in [0, 0.05) is 18.8 Å². The number of aliphatic carboxylic acids is 1. The fourth-order valence-corrected chi connectivity index (χ4v) is 4.83. The van der Waals surface area contributed by atoms with E-state index in [1.807, 2.05) is 18.2 Å². The molecule has 5 heteroatoms. The zero-order chi connectivity index (χ0) is 20.8. The third kappa shape index (κ3) is 5.77. The fourth-order valence-electron chi connectivity index (χ4n) is 4.83. The molecule has 1 unspecified atom stereocenters. The first-order chi connectivity index (χ1) is 14.0. The smallest absolute Gasteiger partial charge is 0.303 e. The average Bonchev–Trinajstić information content (AvgIpc) is 3.23. The molecule has 2 aliphatic carbocycles. The van der Waals surface area contributed by atoms with Crippen LogP contribution in [0.25, 0.3) is 0 Å². The van der Waals surface area contributed by atoms with E-state index in [1.165, 1.54) is 11.1 Å². The molecule has 3 rings (SSSR count). The van der Waals surface area contributed by atoms with E-state index in [-0.39, 0.29) is 36.4 Å². The number of hydrogen-bond donors (Lipinski definition) is 3. The van der Waals surface area contributed by atoms with Crippen LogP contribution < -0.4 is 0 Å². The highest BCUT2D eigenvalue weighted by Crippen LogP contribution is 2.35. The summed E-state index contributed by atoms with van der Waals surface area (Å²) >= 11 is 0. The maximum absolute atomic E-state index is 12.4. The number of carboxylic acid groups (broad SMARTS) is 1. The van der Waals surface area contributed by atoms with Gasteiger partial charge in [0.05, 0.1) is 12.2 Å². The van der Waals surface area contributed by atoms with Crippen molar-refractivity contribution in [3.8, 4) is 0 Å². The third-order valence-corrected chi connectivity index (χ3v) is 6.50. The van der Waals surface area contributed by atoms with Gasteiger partial charge in [-0.3, -0.25) is 9.59 Å². The van der Waals surface area contributed by atoms with Crippen molar-refractivity contribution in [3.05, 3.63) is 47.5 Å². The summed E-state index contributed by atoms with van der Waals surface area (Å²) in [4.78, 5) is 22.9. The lowest BCUT2D eigenvalue weighted by Crippen LogP contribution is -2.22. The predicted molar refractivity (Wildman–Crippen MR) is 110 cm³/mol. The van der Waals surface area contributed by atoms with Crippen LogP contribution in [0.15, 0.2) is 36.4 Å². The quantitative estimate of drug-likeness (QED) is 0.414. The van der Waals surface area contributed by atoms with Gasteiger partial charge >= 0.3 is 5.97 Å². The SMILES string of the molecule is O=C(O)CCCCCC[C@H]1[C@@H](O)CC(=O)[C@@H]1C=CC(O)C1Cc2ccccc2C1. The normalized spacial score (nSPS) is 25.6. The van der Waals surface area contributed by atoms with Crippen molar-refractivity contribution in [2.24, 2.45) is 17.8 Å². The lowest BCUT2D eigenvalue weighted by atomic mass is 9.87. The first-order valence-corrected chi connectivity index (χ1v) is 10.8. The van der Waals surface area contributed by atoms with Gasteiger partial charge in [-0.25, -0.2) is 0 Å². The number of ketones is 1. The molecule has 4 atom stereocenters. The number of carbonyl (C=O) groups excluding carboxylic acids is 1. The molecule has 1 aromatic carbocycles. The van der Waals surface area contributed by atoms with Gasteiger partial charge < -0.3 is 15.3 Å². The van der Waals surface area contributed by atoms with Crippen LogP contribution in [0.5, 0.6) is 0 Å². The number of Topliss-reactive ketones (excluding diaryl/α,β-unsaturated/α-hetero) is 1. The summed E-state index contributed by atoms with van der Waals surface area (Å²) in [6.07, 6.45) is 8.50. The van der Waals surface area contributed by atoms with Gasteiger partial charge in [-0.1, -0.05) is 55.7 Å². The Labute approximate surface area is 172 Å². The third-order valence-electron chi connectivity index (χ3n) is 6.50. The number of carbonyl (C=O) groups is 2. The van der Waals surface area contributed by atoms with Gasteiger partial charge in [-0.05, 0) is 48.6 Å². The molecule has 2 aliphatic rings. The van der Waals surface area contributed by atoms with Crippen LogP contribution in [0.1, 0.15) is 56.1 Å². The van der Waals surface area contributed by atoms with E-state index >= 15 is 0 Å². The van der Waals surface area contributed by atoms with Gasteiger partial charge in [0.1, 0.15) is 5.78 Å². The lowest BCUT2D eigenvalue weighted by molar-refractivity contribution is -0.137. The first kappa shape index (κ1) is 21.7. The number of allylic oxidation sites excluding steroid dienone is 1. The zero-order valence-electron chi connectivity index (χ0n) is 16.9. The molecule has 0 aromatic heterocycles. The van der Waals surface area contributed by atoms with Crippen molar-refractivity contribution in [2.45, 2.75) is 70.0 Å². The molecule has 0 bridgehead atoms. The van der Waals surface area contributed by atoms with Crippen LogP contribution >= 0.6 is 0 Å². The number of fused-ring (bicyclic) bond motifs is 1. The predicted octanol–water partition coefficient (Wildman–Crippen LogP) is 3.31. The highest BCUT2D eigenvalue weighted by atomic mass is 16.4. The molecular formula is C24H32O5. The minimum Gasteiger partial charge on any atom is -0.481 e. The minimum absolute atomic E-state index is 0.0477. The van der Waals surface area contributed by atoms with Crippen LogP contribution in [0, 0.1) is 17.8 Å². The molecule has 0 saturated heterocycles. The maximum atomic E-state index is 12.4. The summed E-state index contributed by atoms with van der Waals surface area (Å²) in [5.74, 6) is -1.02. The van der Waals surface area contributed by atoms with Crippen molar-refractivity contribution in [2.75, 3.05) is 0 Å². The van der Waals surface area contributed by atoms with E-state index in [4.69, 9.17) is 5.11 Å². The average molecular weight is 401 g/mol. The monoisotopic (exact) mass is 400 g/mol. The van der Waals surface area contributed by atoms with E-state index in [9.17, 15) is 19.8 Å². The minimum atomic E-state index is -0.768. The molecule has 3 N–H and O–H groups in total. The number of carboxylic acids is 1. The second-order valence-corrected chi connectivity index (χ2v) is 8.59. The molecule has 0 radical (unpaired) electrons. The number of rotatable bonds is 10. The lowest BCUT2D eigenvalue weighted by Gasteiger charge is -2.19. The highest BCUT2D eigenvalue weighted by molar-refractivity contribution is 5.86. The van der Waals surface area contributed by atoms with Crippen LogP contribution in [0.4, 0.5) is 0 Å². The number of unbranched alkanes of at least 4 members (excludes halogenated alkanes) is 3. The molecular weight excluding hydrogens is 368 g/mol. The number of aliphatic hydroxyl groups excluding tert-OH is 2. The van der Waals surface area contributed by atoms with E-state index in [0.29, 0.717) is 6.42 Å². The summed E-state index contributed by atoms with van der Waals surface area (Å²) < 4.78 is 0. The van der Waals surface area contributed by atoms with Crippen molar-refractivity contribution >= 4 is 11.8 Å². The Morgan fingerprint density at radius 1 is 1.07 bits per heavy atom. The Morgan fingerprint density at radius 3 is 2.38 bits per heavy atom. The zero-order valence-corrected chi connectivity index (χ0v) is 16.9. The molecule has 0 amide bonds. The van der Waals surface area contributed by atoms with Gasteiger partial charge in [0.15, 0.2) is 0 Å². The van der Waals surface area contributed by atoms with Crippen molar-refractivity contribution in [1.29, 1.82) is 0 Å². The number of hydrogen-bond acceptors (Lipinski definition) is 4. The van der Waals surface area contributed by atoms with Crippen LogP contribution in [0.3, 0.4) is 0 Å². The topological polar surface area (TPSA) is 94.8 Å². The van der Waals surface area contributed by atoms with Crippen LogP contribution in [-0.2, 0) is 22.4 Å². The molecule has 1 saturated carbocycles.